The Morgan fingerprint density at radius 3 is 2.75 bits per heavy atom. The smallest absolute Gasteiger partial charge is 0.365 e. The standard InChI is InChI=1S/C8H7FO2S/c1-5(7(9)8(10)11)6-2-3-12-4-6/h2-4H,1H3,(H,10,11). The van der Waals surface area contributed by atoms with E-state index in [1.165, 1.54) is 18.3 Å². The highest BCUT2D eigenvalue weighted by Gasteiger charge is 2.11. The Labute approximate surface area is 73.0 Å². The van der Waals surface area contributed by atoms with Crippen molar-refractivity contribution < 1.29 is 14.3 Å². The van der Waals surface area contributed by atoms with Gasteiger partial charge in [-0.05, 0) is 29.3 Å². The first kappa shape index (κ1) is 8.93. The molecular formula is C8H7FO2S. The number of carbonyl (C=O) groups is 1. The second kappa shape index (κ2) is 3.49. The zero-order valence-electron chi connectivity index (χ0n) is 6.37. The predicted molar refractivity (Wildman–Crippen MR) is 45.7 cm³/mol. The number of carboxylic acids is 1. The molecule has 0 atom stereocenters. The van der Waals surface area contributed by atoms with Gasteiger partial charge in [0.15, 0.2) is 0 Å². The monoisotopic (exact) mass is 186 g/mol. The van der Waals surface area contributed by atoms with Gasteiger partial charge in [0.2, 0.25) is 5.83 Å². The topological polar surface area (TPSA) is 37.3 Å². The molecule has 1 aromatic rings. The highest BCUT2D eigenvalue weighted by atomic mass is 32.1. The average molecular weight is 186 g/mol. The maximum absolute atomic E-state index is 12.8. The fourth-order valence-electron chi connectivity index (χ4n) is 0.765. The molecule has 0 aromatic carbocycles. The van der Waals surface area contributed by atoms with Crippen molar-refractivity contribution in [3.05, 3.63) is 28.2 Å². The Balaban J connectivity index is 3.05. The van der Waals surface area contributed by atoms with Gasteiger partial charge in [-0.3, -0.25) is 0 Å². The second-order valence-corrected chi connectivity index (χ2v) is 3.04. The summed E-state index contributed by atoms with van der Waals surface area (Å²) in [5.74, 6) is -2.60. The third-order valence-electron chi connectivity index (χ3n) is 1.47. The van der Waals surface area contributed by atoms with E-state index in [1.807, 2.05) is 0 Å². The number of aliphatic carboxylic acids is 1. The summed E-state index contributed by atoms with van der Waals surface area (Å²) in [4.78, 5) is 10.2. The van der Waals surface area contributed by atoms with E-state index in [1.54, 1.807) is 16.8 Å². The van der Waals surface area contributed by atoms with Gasteiger partial charge in [0.1, 0.15) is 0 Å². The summed E-state index contributed by atoms with van der Waals surface area (Å²) in [7, 11) is 0. The van der Waals surface area contributed by atoms with Crippen molar-refractivity contribution in [1.82, 2.24) is 0 Å². The lowest BCUT2D eigenvalue weighted by molar-refractivity contribution is -0.134. The first-order chi connectivity index (χ1) is 5.63. The summed E-state index contributed by atoms with van der Waals surface area (Å²) in [5.41, 5.74) is 0.795. The molecule has 0 aliphatic rings. The van der Waals surface area contributed by atoms with E-state index < -0.39 is 11.8 Å². The van der Waals surface area contributed by atoms with Crippen LogP contribution in [-0.2, 0) is 4.79 Å². The lowest BCUT2D eigenvalue weighted by Gasteiger charge is -1.96. The van der Waals surface area contributed by atoms with E-state index in [4.69, 9.17) is 5.11 Å². The van der Waals surface area contributed by atoms with E-state index in [2.05, 4.69) is 0 Å². The molecule has 0 spiro atoms. The zero-order valence-corrected chi connectivity index (χ0v) is 7.19. The van der Waals surface area contributed by atoms with Crippen LogP contribution in [0.3, 0.4) is 0 Å². The molecule has 1 N–H and O–H groups in total. The number of rotatable bonds is 2. The van der Waals surface area contributed by atoms with Crippen molar-refractivity contribution >= 4 is 22.9 Å². The van der Waals surface area contributed by atoms with Crippen molar-refractivity contribution in [1.29, 1.82) is 0 Å². The quantitative estimate of drug-likeness (QED) is 0.720. The third-order valence-corrected chi connectivity index (χ3v) is 2.15. The molecule has 0 unspecified atom stereocenters. The molecule has 0 aliphatic heterocycles. The third kappa shape index (κ3) is 1.71. The van der Waals surface area contributed by atoms with E-state index in [9.17, 15) is 9.18 Å². The Kier molecular flexibility index (Phi) is 2.60. The number of halogens is 1. The molecule has 1 heterocycles. The Morgan fingerprint density at radius 1 is 1.67 bits per heavy atom. The van der Waals surface area contributed by atoms with Crippen molar-refractivity contribution in [2.24, 2.45) is 0 Å². The highest BCUT2D eigenvalue weighted by Crippen LogP contribution is 2.21. The molecule has 0 amide bonds. The normalized spacial score (nSPS) is 12.5. The van der Waals surface area contributed by atoms with Crippen LogP contribution >= 0.6 is 11.3 Å². The van der Waals surface area contributed by atoms with Crippen LogP contribution in [0.1, 0.15) is 12.5 Å². The minimum atomic E-state index is -1.52. The van der Waals surface area contributed by atoms with E-state index >= 15 is 0 Å². The summed E-state index contributed by atoms with van der Waals surface area (Å²) >= 11 is 1.40. The molecule has 2 nitrogen and oxygen atoms in total. The van der Waals surface area contributed by atoms with Crippen LogP contribution in [0.15, 0.2) is 22.7 Å². The number of carboxylic acid groups (broad SMARTS) is 1. The van der Waals surface area contributed by atoms with Gasteiger partial charge in [-0.25, -0.2) is 4.79 Å². The van der Waals surface area contributed by atoms with E-state index in [0.29, 0.717) is 5.56 Å². The number of thiophene rings is 1. The zero-order chi connectivity index (χ0) is 9.14. The summed E-state index contributed by atoms with van der Waals surface area (Å²) in [6.07, 6.45) is 0. The highest BCUT2D eigenvalue weighted by molar-refractivity contribution is 7.08. The van der Waals surface area contributed by atoms with Crippen LogP contribution in [-0.4, -0.2) is 11.1 Å². The minimum absolute atomic E-state index is 0.170. The lowest BCUT2D eigenvalue weighted by Crippen LogP contribution is -1.97. The molecule has 12 heavy (non-hydrogen) atoms. The molecule has 4 heteroatoms. The fourth-order valence-corrected chi connectivity index (χ4v) is 1.47. The summed E-state index contributed by atoms with van der Waals surface area (Å²) < 4.78 is 12.8. The van der Waals surface area contributed by atoms with Gasteiger partial charge >= 0.3 is 5.97 Å². The van der Waals surface area contributed by atoms with Gasteiger partial charge in [0.05, 0.1) is 0 Å². The minimum Gasteiger partial charge on any atom is -0.476 e. The molecule has 0 bridgehead atoms. The van der Waals surface area contributed by atoms with Gasteiger partial charge in [0, 0.05) is 5.57 Å². The molecule has 0 saturated heterocycles. The van der Waals surface area contributed by atoms with Gasteiger partial charge in [-0.15, -0.1) is 0 Å². The maximum atomic E-state index is 12.8. The van der Waals surface area contributed by atoms with E-state index in [0.717, 1.165) is 0 Å². The van der Waals surface area contributed by atoms with E-state index in [-0.39, 0.29) is 5.57 Å². The van der Waals surface area contributed by atoms with Crippen LogP contribution in [0, 0.1) is 0 Å². The number of hydrogen-bond donors (Lipinski definition) is 1. The van der Waals surface area contributed by atoms with Crippen molar-refractivity contribution in [2.75, 3.05) is 0 Å². The summed E-state index contributed by atoms with van der Waals surface area (Å²) in [5, 5.41) is 11.8. The summed E-state index contributed by atoms with van der Waals surface area (Å²) in [6.45, 7) is 1.45. The van der Waals surface area contributed by atoms with Crippen LogP contribution in [0.25, 0.3) is 5.57 Å². The summed E-state index contributed by atoms with van der Waals surface area (Å²) in [6, 6.07) is 1.68. The van der Waals surface area contributed by atoms with Crippen molar-refractivity contribution in [3.63, 3.8) is 0 Å². The first-order valence-electron chi connectivity index (χ1n) is 3.25. The maximum Gasteiger partial charge on any atom is 0.365 e. The van der Waals surface area contributed by atoms with Gasteiger partial charge in [0.25, 0.3) is 0 Å². The molecule has 0 saturated carbocycles. The van der Waals surface area contributed by atoms with Gasteiger partial charge in [-0.2, -0.15) is 15.7 Å². The van der Waals surface area contributed by atoms with Crippen LogP contribution in [0.5, 0.6) is 0 Å². The average Bonchev–Trinajstić information content (AvgIpc) is 2.53. The molecule has 0 aliphatic carbocycles. The van der Waals surface area contributed by atoms with Gasteiger partial charge < -0.3 is 5.11 Å². The molecule has 64 valence electrons. The number of allylic oxidation sites excluding steroid dienone is 1. The largest absolute Gasteiger partial charge is 0.476 e. The SMILES string of the molecule is CC(=C(F)C(=O)O)c1ccsc1. The van der Waals surface area contributed by atoms with Crippen LogP contribution in [0.2, 0.25) is 0 Å². The molecule has 1 rings (SSSR count). The van der Waals surface area contributed by atoms with Crippen molar-refractivity contribution in [2.45, 2.75) is 6.92 Å². The first-order valence-corrected chi connectivity index (χ1v) is 4.19. The predicted octanol–water partition coefficient (Wildman–Crippen LogP) is 2.53. The van der Waals surface area contributed by atoms with Crippen LogP contribution < -0.4 is 0 Å². The van der Waals surface area contributed by atoms with Crippen molar-refractivity contribution in [3.8, 4) is 0 Å². The van der Waals surface area contributed by atoms with Gasteiger partial charge in [-0.1, -0.05) is 0 Å². The Hall–Kier alpha value is -1.16. The number of hydrogen-bond acceptors (Lipinski definition) is 2. The molecule has 1 aromatic heterocycles. The van der Waals surface area contributed by atoms with Crippen LogP contribution in [0.4, 0.5) is 4.39 Å². The lowest BCUT2D eigenvalue weighted by atomic mass is 10.1. The Morgan fingerprint density at radius 2 is 2.33 bits per heavy atom. The fraction of sp³-hybridized carbons (Fsp3) is 0.125. The Bertz CT molecular complexity index is 314. The second-order valence-electron chi connectivity index (χ2n) is 2.26. The molecule has 0 radical (unpaired) electrons. The molecule has 0 fully saturated rings. The molecular weight excluding hydrogens is 179 g/mol.